The maximum atomic E-state index is 12.8. The van der Waals surface area contributed by atoms with Gasteiger partial charge in [0.05, 0.1) is 13.7 Å². The normalized spacial score (nSPS) is 11.5. The molecule has 1 N–H and O–H groups in total. The monoisotopic (exact) mass is 781 g/mol. The van der Waals surface area contributed by atoms with Gasteiger partial charge in [0.2, 0.25) is 5.91 Å². The van der Waals surface area contributed by atoms with Gasteiger partial charge in [-0.15, -0.1) is 0 Å². The number of carbonyl (C=O) groups is 3. The number of hydroxylamine groups is 1. The standard InChI is InChI=1S/C47H92N2O6/c1-5-8-11-14-17-26-33-43-54-46(51)38-29-22-18-24-31-40-49(42-34-37-45(50)48-53-4)41-32-25-19-23-30-39-47(52)55-44(35-27-20-15-12-9-6-2)36-28-21-16-13-10-7-3/h44H,5-43H2,1-4H3,(H,48,50). The molecule has 0 aliphatic heterocycles. The van der Waals surface area contributed by atoms with Gasteiger partial charge in [0, 0.05) is 19.3 Å². The van der Waals surface area contributed by atoms with Crippen LogP contribution in [-0.2, 0) is 28.7 Å². The second kappa shape index (κ2) is 43.5. The van der Waals surface area contributed by atoms with Crippen molar-refractivity contribution in [2.24, 2.45) is 0 Å². The fourth-order valence-corrected chi connectivity index (χ4v) is 7.36. The van der Waals surface area contributed by atoms with E-state index in [2.05, 4.69) is 31.2 Å². The highest BCUT2D eigenvalue weighted by molar-refractivity contribution is 5.74. The van der Waals surface area contributed by atoms with Crippen LogP contribution in [0.3, 0.4) is 0 Å². The third-order valence-corrected chi connectivity index (χ3v) is 10.9. The summed E-state index contributed by atoms with van der Waals surface area (Å²) >= 11 is 0. The SMILES string of the molecule is CCCCCCCCCOC(=O)CCCCCCCN(CCCCCCCC(=O)OC(CCCCCCCC)CCCCCCCC)CCCC(=O)NOC. The van der Waals surface area contributed by atoms with Crippen molar-refractivity contribution in [3.05, 3.63) is 0 Å². The number of hydrogen-bond acceptors (Lipinski definition) is 7. The van der Waals surface area contributed by atoms with Gasteiger partial charge in [-0.25, -0.2) is 5.48 Å². The van der Waals surface area contributed by atoms with E-state index < -0.39 is 0 Å². The van der Waals surface area contributed by atoms with Crippen molar-refractivity contribution >= 4 is 17.8 Å². The number of nitrogens with one attached hydrogen (secondary N) is 1. The van der Waals surface area contributed by atoms with Crippen LogP contribution in [0.15, 0.2) is 0 Å². The van der Waals surface area contributed by atoms with Crippen LogP contribution in [0.2, 0.25) is 0 Å². The molecular weight excluding hydrogens is 689 g/mol. The molecule has 0 aliphatic rings. The molecule has 0 spiro atoms. The Hall–Kier alpha value is -1.67. The summed E-state index contributed by atoms with van der Waals surface area (Å²) in [4.78, 5) is 44.0. The minimum atomic E-state index is -0.0712. The van der Waals surface area contributed by atoms with Crippen LogP contribution in [0.25, 0.3) is 0 Å². The topological polar surface area (TPSA) is 94.2 Å². The van der Waals surface area contributed by atoms with Crippen LogP contribution < -0.4 is 5.48 Å². The lowest BCUT2D eigenvalue weighted by Gasteiger charge is -2.22. The molecule has 326 valence electrons. The highest BCUT2D eigenvalue weighted by atomic mass is 16.6. The van der Waals surface area contributed by atoms with E-state index in [0.29, 0.717) is 25.9 Å². The predicted octanol–water partition coefficient (Wildman–Crippen LogP) is 13.1. The van der Waals surface area contributed by atoms with Gasteiger partial charge in [-0.1, -0.05) is 162 Å². The van der Waals surface area contributed by atoms with Crippen LogP contribution in [0.4, 0.5) is 0 Å². The van der Waals surface area contributed by atoms with E-state index in [-0.39, 0.29) is 23.9 Å². The Balaban J connectivity index is 4.30. The van der Waals surface area contributed by atoms with E-state index in [0.717, 1.165) is 116 Å². The number of amides is 1. The Labute approximate surface area is 341 Å². The zero-order valence-corrected chi connectivity index (χ0v) is 37.1. The molecule has 0 aliphatic carbocycles. The number of nitrogens with zero attached hydrogens (tertiary/aromatic N) is 1. The van der Waals surface area contributed by atoms with Gasteiger partial charge in [-0.05, 0) is 83.8 Å². The summed E-state index contributed by atoms with van der Waals surface area (Å²) in [6.45, 7) is 10.3. The molecule has 0 saturated carbocycles. The quantitative estimate of drug-likeness (QED) is 0.0374. The number of ether oxygens (including phenoxy) is 2. The molecule has 0 bridgehead atoms. The minimum Gasteiger partial charge on any atom is -0.466 e. The molecule has 8 nitrogen and oxygen atoms in total. The number of hydrogen-bond donors (Lipinski definition) is 1. The zero-order chi connectivity index (χ0) is 40.3. The van der Waals surface area contributed by atoms with Gasteiger partial charge in [0.25, 0.3) is 0 Å². The smallest absolute Gasteiger partial charge is 0.306 e. The van der Waals surface area contributed by atoms with Gasteiger partial charge in [-0.3, -0.25) is 19.2 Å². The number of carbonyl (C=O) groups excluding carboxylic acids is 3. The van der Waals surface area contributed by atoms with Crippen molar-refractivity contribution < 1.29 is 28.7 Å². The van der Waals surface area contributed by atoms with Crippen LogP contribution >= 0.6 is 0 Å². The van der Waals surface area contributed by atoms with Crippen molar-refractivity contribution in [3.8, 4) is 0 Å². The van der Waals surface area contributed by atoms with Gasteiger partial charge in [-0.2, -0.15) is 0 Å². The van der Waals surface area contributed by atoms with E-state index in [4.69, 9.17) is 14.3 Å². The largest absolute Gasteiger partial charge is 0.466 e. The highest BCUT2D eigenvalue weighted by Crippen LogP contribution is 2.19. The summed E-state index contributed by atoms with van der Waals surface area (Å²) in [6, 6.07) is 0. The molecule has 0 rings (SSSR count). The molecule has 0 heterocycles. The first-order valence-electron chi connectivity index (χ1n) is 23.9. The number of esters is 2. The first-order valence-corrected chi connectivity index (χ1v) is 23.9. The molecule has 0 aromatic carbocycles. The summed E-state index contributed by atoms with van der Waals surface area (Å²) < 4.78 is 11.5. The van der Waals surface area contributed by atoms with Crippen molar-refractivity contribution in [1.82, 2.24) is 10.4 Å². The molecule has 0 saturated heterocycles. The van der Waals surface area contributed by atoms with E-state index in [1.807, 2.05) is 0 Å². The molecule has 0 aromatic rings. The molecule has 1 amide bonds. The Morgan fingerprint density at radius 2 is 0.855 bits per heavy atom. The lowest BCUT2D eigenvalue weighted by molar-refractivity contribution is -0.150. The summed E-state index contributed by atoms with van der Waals surface area (Å²) in [5.41, 5.74) is 2.43. The molecule has 0 unspecified atom stereocenters. The summed E-state index contributed by atoms with van der Waals surface area (Å²) in [6.07, 6.45) is 39.2. The van der Waals surface area contributed by atoms with E-state index >= 15 is 0 Å². The zero-order valence-electron chi connectivity index (χ0n) is 37.1. The lowest BCUT2D eigenvalue weighted by Crippen LogP contribution is -2.29. The fourth-order valence-electron chi connectivity index (χ4n) is 7.36. The van der Waals surface area contributed by atoms with Crippen molar-refractivity contribution in [2.45, 2.75) is 252 Å². The molecule has 0 fully saturated rings. The van der Waals surface area contributed by atoms with Crippen molar-refractivity contribution in [1.29, 1.82) is 0 Å². The Bertz CT molecular complexity index is 824. The van der Waals surface area contributed by atoms with Crippen LogP contribution in [0.5, 0.6) is 0 Å². The van der Waals surface area contributed by atoms with Crippen molar-refractivity contribution in [2.75, 3.05) is 33.4 Å². The van der Waals surface area contributed by atoms with Crippen LogP contribution in [0.1, 0.15) is 245 Å². The van der Waals surface area contributed by atoms with Gasteiger partial charge >= 0.3 is 11.9 Å². The summed E-state index contributed by atoms with van der Waals surface area (Å²) in [5.74, 6) is -0.108. The Morgan fingerprint density at radius 1 is 0.455 bits per heavy atom. The average molecular weight is 781 g/mol. The molecular formula is C47H92N2O6. The molecule has 0 radical (unpaired) electrons. The lowest BCUT2D eigenvalue weighted by atomic mass is 10.0. The maximum absolute atomic E-state index is 12.8. The minimum absolute atomic E-state index is 0.00406. The second-order valence-corrected chi connectivity index (χ2v) is 16.3. The van der Waals surface area contributed by atoms with Gasteiger partial charge < -0.3 is 14.4 Å². The third-order valence-electron chi connectivity index (χ3n) is 10.9. The Morgan fingerprint density at radius 3 is 1.35 bits per heavy atom. The molecule has 0 aromatic heterocycles. The number of rotatable bonds is 44. The first kappa shape index (κ1) is 53.3. The predicted molar refractivity (Wildman–Crippen MR) is 231 cm³/mol. The second-order valence-electron chi connectivity index (χ2n) is 16.3. The average Bonchev–Trinajstić information content (AvgIpc) is 3.17. The van der Waals surface area contributed by atoms with E-state index in [1.54, 1.807) is 0 Å². The number of unbranched alkanes of at least 4 members (excludes halogenated alkanes) is 24. The maximum Gasteiger partial charge on any atom is 0.306 e. The third kappa shape index (κ3) is 40.3. The molecule has 0 atom stereocenters. The van der Waals surface area contributed by atoms with Crippen molar-refractivity contribution in [3.63, 3.8) is 0 Å². The fraction of sp³-hybridized carbons (Fsp3) is 0.936. The van der Waals surface area contributed by atoms with Crippen LogP contribution in [-0.4, -0.2) is 62.2 Å². The molecule has 8 heteroatoms. The van der Waals surface area contributed by atoms with Gasteiger partial charge in [0.15, 0.2) is 0 Å². The van der Waals surface area contributed by atoms with E-state index in [9.17, 15) is 14.4 Å². The van der Waals surface area contributed by atoms with Gasteiger partial charge in [0.1, 0.15) is 6.10 Å². The summed E-state index contributed by atoms with van der Waals surface area (Å²) in [5, 5.41) is 0. The van der Waals surface area contributed by atoms with E-state index in [1.165, 1.54) is 116 Å². The van der Waals surface area contributed by atoms with Crippen LogP contribution in [0, 0.1) is 0 Å². The Kier molecular flexibility index (Phi) is 42.1. The summed E-state index contributed by atoms with van der Waals surface area (Å²) in [7, 11) is 1.47. The first-order chi connectivity index (χ1) is 27.0. The molecule has 55 heavy (non-hydrogen) atoms. The highest BCUT2D eigenvalue weighted by Gasteiger charge is 2.14.